The molecule has 5 nitrogen and oxygen atoms in total. The SMILES string of the molecule is COc1cc(CC(=O)[O-])ccc1OC(C)=O. The Morgan fingerprint density at radius 2 is 2.00 bits per heavy atom. The molecule has 0 amide bonds. The van der Waals surface area contributed by atoms with Gasteiger partial charge < -0.3 is 19.4 Å². The van der Waals surface area contributed by atoms with Gasteiger partial charge in [0.05, 0.1) is 7.11 Å². The number of ether oxygens (including phenoxy) is 2. The molecule has 0 atom stereocenters. The predicted octanol–water partition coefficient (Wildman–Crippen LogP) is -0.0871. The third kappa shape index (κ3) is 3.27. The van der Waals surface area contributed by atoms with Gasteiger partial charge >= 0.3 is 5.97 Å². The standard InChI is InChI=1S/C11H12O5/c1-7(12)16-9-4-3-8(6-11(13)14)5-10(9)15-2/h3-5H,6H2,1-2H3,(H,13,14)/p-1. The van der Waals surface area contributed by atoms with Gasteiger partial charge in [-0.05, 0) is 17.7 Å². The van der Waals surface area contributed by atoms with Gasteiger partial charge in [0, 0.05) is 19.3 Å². The molecule has 0 radical (unpaired) electrons. The summed E-state index contributed by atoms with van der Waals surface area (Å²) in [4.78, 5) is 21.2. The highest BCUT2D eigenvalue weighted by Crippen LogP contribution is 2.28. The van der Waals surface area contributed by atoms with Crippen molar-refractivity contribution >= 4 is 11.9 Å². The lowest BCUT2D eigenvalue weighted by Crippen LogP contribution is -2.24. The number of hydrogen-bond acceptors (Lipinski definition) is 5. The summed E-state index contributed by atoms with van der Waals surface area (Å²) in [7, 11) is 1.41. The Bertz CT molecular complexity index is 411. The lowest BCUT2D eigenvalue weighted by Gasteiger charge is -2.10. The van der Waals surface area contributed by atoms with Crippen molar-refractivity contribution in [2.24, 2.45) is 0 Å². The molecular weight excluding hydrogens is 212 g/mol. The van der Waals surface area contributed by atoms with Crippen LogP contribution in [0.3, 0.4) is 0 Å². The van der Waals surface area contributed by atoms with E-state index in [9.17, 15) is 14.7 Å². The van der Waals surface area contributed by atoms with Crippen LogP contribution in [0.15, 0.2) is 18.2 Å². The molecular formula is C11H11O5-. The first-order chi connectivity index (χ1) is 7.52. The van der Waals surface area contributed by atoms with Gasteiger partial charge in [-0.1, -0.05) is 6.07 Å². The highest BCUT2D eigenvalue weighted by atomic mass is 16.6. The second-order valence-corrected chi connectivity index (χ2v) is 3.13. The molecule has 0 N–H and O–H groups in total. The van der Waals surface area contributed by atoms with Gasteiger partial charge in [-0.2, -0.15) is 0 Å². The van der Waals surface area contributed by atoms with E-state index in [1.165, 1.54) is 32.2 Å². The number of rotatable bonds is 4. The third-order valence-corrected chi connectivity index (χ3v) is 1.83. The first kappa shape index (κ1) is 12.0. The van der Waals surface area contributed by atoms with E-state index < -0.39 is 11.9 Å². The van der Waals surface area contributed by atoms with E-state index in [1.54, 1.807) is 0 Å². The minimum absolute atomic E-state index is 0.212. The molecule has 0 aliphatic carbocycles. The van der Waals surface area contributed by atoms with Crippen LogP contribution >= 0.6 is 0 Å². The number of carbonyl (C=O) groups is 2. The number of carboxylic acid groups (broad SMARTS) is 1. The molecule has 0 heterocycles. The van der Waals surface area contributed by atoms with Crippen molar-refractivity contribution in [2.45, 2.75) is 13.3 Å². The molecule has 5 heteroatoms. The Hall–Kier alpha value is -2.04. The normalized spacial score (nSPS) is 9.62. The molecule has 1 aromatic carbocycles. The van der Waals surface area contributed by atoms with Crippen molar-refractivity contribution in [3.05, 3.63) is 23.8 Å². The number of aliphatic carboxylic acids is 1. The number of hydrogen-bond donors (Lipinski definition) is 0. The molecule has 1 aromatic rings. The van der Waals surface area contributed by atoms with Crippen molar-refractivity contribution in [3.8, 4) is 11.5 Å². The fraction of sp³-hybridized carbons (Fsp3) is 0.273. The summed E-state index contributed by atoms with van der Waals surface area (Å²) in [5.41, 5.74) is 0.521. The molecule has 0 bridgehead atoms. The van der Waals surface area contributed by atoms with Crippen LogP contribution in [0.4, 0.5) is 0 Å². The first-order valence-corrected chi connectivity index (χ1v) is 4.58. The molecule has 0 spiro atoms. The molecule has 0 aliphatic rings. The van der Waals surface area contributed by atoms with Crippen LogP contribution in [0, 0.1) is 0 Å². The number of carboxylic acids is 1. The van der Waals surface area contributed by atoms with Gasteiger partial charge in [0.25, 0.3) is 0 Å². The van der Waals surface area contributed by atoms with Gasteiger partial charge in [0.2, 0.25) is 0 Å². The minimum Gasteiger partial charge on any atom is -0.550 e. The van der Waals surface area contributed by atoms with E-state index in [0.29, 0.717) is 11.3 Å². The number of esters is 1. The second-order valence-electron chi connectivity index (χ2n) is 3.13. The number of benzene rings is 1. The summed E-state index contributed by atoms with van der Waals surface area (Å²) in [5.74, 6) is -1.07. The highest BCUT2D eigenvalue weighted by molar-refractivity contribution is 5.71. The Labute approximate surface area is 92.6 Å². The highest BCUT2D eigenvalue weighted by Gasteiger charge is 2.07. The summed E-state index contributed by atoms with van der Waals surface area (Å²) < 4.78 is 9.85. The van der Waals surface area contributed by atoms with Crippen LogP contribution in [0.2, 0.25) is 0 Å². The van der Waals surface area contributed by atoms with Crippen LogP contribution in [0.25, 0.3) is 0 Å². The lowest BCUT2D eigenvalue weighted by atomic mass is 10.1. The molecule has 86 valence electrons. The zero-order valence-electron chi connectivity index (χ0n) is 8.98. The quantitative estimate of drug-likeness (QED) is 0.526. The monoisotopic (exact) mass is 223 g/mol. The molecule has 16 heavy (non-hydrogen) atoms. The Balaban J connectivity index is 2.96. The number of carbonyl (C=O) groups excluding carboxylic acids is 2. The molecule has 0 aromatic heterocycles. The maximum absolute atomic E-state index is 10.8. The van der Waals surface area contributed by atoms with Crippen LogP contribution in [0.1, 0.15) is 12.5 Å². The summed E-state index contributed by atoms with van der Waals surface area (Å²) in [6, 6.07) is 4.52. The molecule has 0 aliphatic heterocycles. The van der Waals surface area contributed by atoms with Gasteiger partial charge in [0.1, 0.15) is 0 Å². The zero-order valence-corrected chi connectivity index (χ0v) is 8.98. The van der Waals surface area contributed by atoms with Crippen molar-refractivity contribution < 1.29 is 24.2 Å². The second kappa shape index (κ2) is 5.16. The molecule has 1 rings (SSSR count). The van der Waals surface area contributed by atoms with Crippen molar-refractivity contribution in [1.82, 2.24) is 0 Å². The fourth-order valence-electron chi connectivity index (χ4n) is 1.23. The maximum atomic E-state index is 10.8. The average Bonchev–Trinajstić information content (AvgIpc) is 2.18. The summed E-state index contributed by atoms with van der Waals surface area (Å²) in [6.07, 6.45) is -0.212. The van der Waals surface area contributed by atoms with E-state index in [4.69, 9.17) is 9.47 Å². The summed E-state index contributed by atoms with van der Waals surface area (Å²) in [6.45, 7) is 1.27. The van der Waals surface area contributed by atoms with Crippen molar-refractivity contribution in [2.75, 3.05) is 7.11 Å². The van der Waals surface area contributed by atoms with Crippen molar-refractivity contribution in [3.63, 3.8) is 0 Å². The van der Waals surface area contributed by atoms with E-state index in [1.807, 2.05) is 0 Å². The Morgan fingerprint density at radius 1 is 1.31 bits per heavy atom. The smallest absolute Gasteiger partial charge is 0.308 e. The Kier molecular flexibility index (Phi) is 3.88. The van der Waals surface area contributed by atoms with E-state index in [2.05, 4.69) is 0 Å². The third-order valence-electron chi connectivity index (χ3n) is 1.83. The van der Waals surface area contributed by atoms with Crippen LogP contribution in [0.5, 0.6) is 11.5 Å². The molecule has 0 saturated carbocycles. The molecule has 0 fully saturated rings. The largest absolute Gasteiger partial charge is 0.550 e. The Morgan fingerprint density at radius 3 is 2.50 bits per heavy atom. The topological polar surface area (TPSA) is 75.7 Å². The van der Waals surface area contributed by atoms with Crippen LogP contribution < -0.4 is 14.6 Å². The molecule has 0 saturated heterocycles. The van der Waals surface area contributed by atoms with Gasteiger partial charge in [-0.25, -0.2) is 0 Å². The zero-order chi connectivity index (χ0) is 12.1. The fourth-order valence-corrected chi connectivity index (χ4v) is 1.23. The van der Waals surface area contributed by atoms with Gasteiger partial charge in [-0.15, -0.1) is 0 Å². The van der Waals surface area contributed by atoms with Gasteiger partial charge in [0.15, 0.2) is 11.5 Å². The maximum Gasteiger partial charge on any atom is 0.308 e. The summed E-state index contributed by atoms with van der Waals surface area (Å²) >= 11 is 0. The lowest BCUT2D eigenvalue weighted by molar-refractivity contribution is -0.304. The van der Waals surface area contributed by atoms with E-state index in [-0.39, 0.29) is 12.2 Å². The van der Waals surface area contributed by atoms with E-state index in [0.717, 1.165) is 0 Å². The number of methoxy groups -OCH3 is 1. The van der Waals surface area contributed by atoms with Gasteiger partial charge in [-0.3, -0.25) is 4.79 Å². The molecule has 0 unspecified atom stereocenters. The van der Waals surface area contributed by atoms with E-state index >= 15 is 0 Å². The van der Waals surface area contributed by atoms with Crippen molar-refractivity contribution in [1.29, 1.82) is 0 Å². The van der Waals surface area contributed by atoms with Crippen LogP contribution in [-0.4, -0.2) is 19.0 Å². The van der Waals surface area contributed by atoms with Crippen LogP contribution in [-0.2, 0) is 16.0 Å². The average molecular weight is 223 g/mol. The predicted molar refractivity (Wildman–Crippen MR) is 53.0 cm³/mol. The first-order valence-electron chi connectivity index (χ1n) is 4.58. The summed E-state index contributed by atoms with van der Waals surface area (Å²) in [5, 5.41) is 10.4. The minimum atomic E-state index is -1.18.